The molecule has 20 heavy (non-hydrogen) atoms. The minimum atomic E-state index is -0.631. The molecule has 2 rings (SSSR count). The molecule has 0 saturated carbocycles. The zero-order valence-corrected chi connectivity index (χ0v) is 11.1. The van der Waals surface area contributed by atoms with Crippen molar-refractivity contribution in [1.82, 2.24) is 0 Å². The maximum Gasteiger partial charge on any atom is 0.147 e. The predicted octanol–water partition coefficient (Wildman–Crippen LogP) is 4.08. The Morgan fingerprint density at radius 1 is 1.10 bits per heavy atom. The van der Waals surface area contributed by atoms with Gasteiger partial charge in [0.1, 0.15) is 18.2 Å². The zero-order valence-electron chi connectivity index (χ0n) is 11.1. The first-order valence-corrected chi connectivity index (χ1v) is 6.38. The van der Waals surface area contributed by atoms with Crippen LogP contribution in [-0.2, 0) is 17.9 Å². The van der Waals surface area contributed by atoms with Crippen LogP contribution in [0.15, 0.2) is 47.6 Å². The summed E-state index contributed by atoms with van der Waals surface area (Å²) in [6.45, 7) is 1.83. The molecule has 0 bridgehead atoms. The van der Waals surface area contributed by atoms with Gasteiger partial charge in [-0.2, -0.15) is 0 Å². The largest absolute Gasteiger partial charge is 0.391 e. The molecule has 0 heterocycles. The van der Waals surface area contributed by atoms with E-state index in [9.17, 15) is 8.78 Å². The first-order chi connectivity index (χ1) is 9.70. The summed E-state index contributed by atoms with van der Waals surface area (Å²) in [5.41, 5.74) is 1.96. The molecule has 0 aliphatic rings. The van der Waals surface area contributed by atoms with E-state index in [0.717, 1.165) is 12.0 Å². The van der Waals surface area contributed by atoms with E-state index in [1.807, 2.05) is 24.3 Å². The Morgan fingerprint density at radius 2 is 1.80 bits per heavy atom. The smallest absolute Gasteiger partial charge is 0.147 e. The van der Waals surface area contributed by atoms with Gasteiger partial charge >= 0.3 is 0 Å². The minimum absolute atomic E-state index is 0.119. The van der Waals surface area contributed by atoms with Crippen molar-refractivity contribution in [3.63, 3.8) is 0 Å². The highest BCUT2D eigenvalue weighted by Gasteiger charge is 2.07. The van der Waals surface area contributed by atoms with Crippen LogP contribution in [0.4, 0.5) is 8.78 Å². The molecule has 0 radical (unpaired) electrons. The van der Waals surface area contributed by atoms with Crippen LogP contribution in [0.5, 0.6) is 0 Å². The van der Waals surface area contributed by atoms with Gasteiger partial charge in [0, 0.05) is 0 Å². The Balaban J connectivity index is 1.97. The summed E-state index contributed by atoms with van der Waals surface area (Å²) >= 11 is 0. The molecule has 0 spiro atoms. The number of aryl methyl sites for hydroxylation is 1. The molecule has 2 aromatic rings. The van der Waals surface area contributed by atoms with Crippen LogP contribution in [0.1, 0.15) is 23.6 Å². The molecule has 0 saturated heterocycles. The molecular formula is C16H15F2NO. The van der Waals surface area contributed by atoms with Crippen LogP contribution in [0, 0.1) is 11.6 Å². The summed E-state index contributed by atoms with van der Waals surface area (Å²) < 4.78 is 26.7. The lowest BCUT2D eigenvalue weighted by atomic mass is 10.1. The average molecular weight is 275 g/mol. The fourth-order valence-corrected chi connectivity index (χ4v) is 1.76. The highest BCUT2D eigenvalue weighted by Crippen LogP contribution is 2.13. The Labute approximate surface area is 116 Å². The topological polar surface area (TPSA) is 21.6 Å². The summed E-state index contributed by atoms with van der Waals surface area (Å²) in [4.78, 5) is 4.95. The third kappa shape index (κ3) is 3.63. The molecule has 104 valence electrons. The van der Waals surface area contributed by atoms with Crippen molar-refractivity contribution in [1.29, 1.82) is 0 Å². The van der Waals surface area contributed by atoms with E-state index in [2.05, 4.69) is 12.1 Å². The van der Waals surface area contributed by atoms with Crippen LogP contribution < -0.4 is 0 Å². The van der Waals surface area contributed by atoms with E-state index in [1.54, 1.807) is 0 Å². The molecule has 0 fully saturated rings. The number of benzene rings is 2. The van der Waals surface area contributed by atoms with E-state index >= 15 is 0 Å². The van der Waals surface area contributed by atoms with E-state index in [-0.39, 0.29) is 12.2 Å². The van der Waals surface area contributed by atoms with Crippen molar-refractivity contribution in [3.05, 3.63) is 70.8 Å². The van der Waals surface area contributed by atoms with Gasteiger partial charge in [-0.3, -0.25) is 0 Å². The third-order valence-corrected chi connectivity index (χ3v) is 2.91. The normalized spacial score (nSPS) is 10.9. The van der Waals surface area contributed by atoms with Gasteiger partial charge in [-0.1, -0.05) is 42.4 Å². The summed E-state index contributed by atoms with van der Waals surface area (Å²) in [6.07, 6.45) is 2.46. The Hall–Kier alpha value is -2.23. The fraction of sp³-hybridized carbons (Fsp3) is 0.188. The lowest BCUT2D eigenvalue weighted by molar-refractivity contribution is 0.126. The highest BCUT2D eigenvalue weighted by atomic mass is 19.1. The number of rotatable bonds is 5. The van der Waals surface area contributed by atoms with Crippen molar-refractivity contribution in [2.24, 2.45) is 5.16 Å². The maximum atomic E-state index is 13.3. The van der Waals surface area contributed by atoms with Crippen LogP contribution in [0.2, 0.25) is 0 Å². The second kappa shape index (κ2) is 6.80. The number of hydrogen-bond acceptors (Lipinski definition) is 2. The van der Waals surface area contributed by atoms with Gasteiger partial charge in [0.15, 0.2) is 0 Å². The number of hydrogen-bond donors (Lipinski definition) is 0. The van der Waals surface area contributed by atoms with Gasteiger partial charge in [-0.05, 0) is 29.7 Å². The van der Waals surface area contributed by atoms with Gasteiger partial charge in [0.25, 0.3) is 0 Å². The molecule has 0 unspecified atom stereocenters. The molecular weight excluding hydrogens is 260 g/mol. The Bertz CT molecular complexity index is 591. The van der Waals surface area contributed by atoms with Gasteiger partial charge in [0.05, 0.1) is 11.8 Å². The van der Waals surface area contributed by atoms with Crippen molar-refractivity contribution in [2.75, 3.05) is 0 Å². The zero-order chi connectivity index (χ0) is 14.4. The number of halogens is 2. The lowest BCUT2D eigenvalue weighted by Gasteiger charge is -2.03. The molecule has 0 atom stereocenters. The standard InChI is InChI=1S/C16H15F2NO/c1-2-12-5-3-6-13(9-12)10-19-20-11-14-15(17)7-4-8-16(14)18/h3-10H,2,11H2,1H3. The van der Waals surface area contributed by atoms with Crippen molar-refractivity contribution in [2.45, 2.75) is 20.0 Å². The van der Waals surface area contributed by atoms with Crippen molar-refractivity contribution in [3.8, 4) is 0 Å². The van der Waals surface area contributed by atoms with E-state index in [1.165, 1.54) is 30.0 Å². The monoisotopic (exact) mass is 275 g/mol. The average Bonchev–Trinajstić information content (AvgIpc) is 2.46. The molecule has 0 N–H and O–H groups in total. The Morgan fingerprint density at radius 3 is 2.50 bits per heavy atom. The first-order valence-electron chi connectivity index (χ1n) is 6.38. The van der Waals surface area contributed by atoms with Crippen molar-refractivity contribution >= 4 is 6.21 Å². The van der Waals surface area contributed by atoms with Crippen LogP contribution in [0.25, 0.3) is 0 Å². The summed E-state index contributed by atoms with van der Waals surface area (Å²) in [5.74, 6) is -1.26. The van der Waals surface area contributed by atoms with Crippen molar-refractivity contribution < 1.29 is 13.6 Å². The molecule has 0 amide bonds. The molecule has 2 nitrogen and oxygen atoms in total. The quantitative estimate of drug-likeness (QED) is 0.595. The molecule has 0 aliphatic heterocycles. The highest BCUT2D eigenvalue weighted by molar-refractivity contribution is 5.79. The summed E-state index contributed by atoms with van der Waals surface area (Å²) in [6, 6.07) is 11.5. The fourth-order valence-electron chi connectivity index (χ4n) is 1.76. The van der Waals surface area contributed by atoms with E-state index < -0.39 is 11.6 Å². The van der Waals surface area contributed by atoms with E-state index in [4.69, 9.17) is 4.84 Å². The van der Waals surface area contributed by atoms with Gasteiger partial charge in [-0.25, -0.2) is 8.78 Å². The van der Waals surface area contributed by atoms with Crippen LogP contribution in [0.3, 0.4) is 0 Å². The predicted molar refractivity (Wildman–Crippen MR) is 74.6 cm³/mol. The van der Waals surface area contributed by atoms with Gasteiger partial charge < -0.3 is 4.84 Å². The van der Waals surface area contributed by atoms with Gasteiger partial charge in [0.2, 0.25) is 0 Å². The Kier molecular flexibility index (Phi) is 4.82. The van der Waals surface area contributed by atoms with Gasteiger partial charge in [-0.15, -0.1) is 0 Å². The SMILES string of the molecule is CCc1cccc(C=NOCc2c(F)cccc2F)c1. The molecule has 0 aliphatic carbocycles. The molecule has 2 aromatic carbocycles. The van der Waals surface area contributed by atoms with Crippen LogP contribution in [-0.4, -0.2) is 6.21 Å². The third-order valence-electron chi connectivity index (χ3n) is 2.91. The second-order valence-electron chi connectivity index (χ2n) is 4.31. The maximum absolute atomic E-state index is 13.3. The molecule has 0 aromatic heterocycles. The first kappa shape index (κ1) is 14.2. The lowest BCUT2D eigenvalue weighted by Crippen LogP contribution is -1.96. The molecule has 4 heteroatoms. The van der Waals surface area contributed by atoms with Crippen LogP contribution >= 0.6 is 0 Å². The summed E-state index contributed by atoms with van der Waals surface area (Å²) in [5, 5.41) is 3.74. The minimum Gasteiger partial charge on any atom is -0.391 e. The van der Waals surface area contributed by atoms with E-state index in [0.29, 0.717) is 0 Å². The number of nitrogens with zero attached hydrogens (tertiary/aromatic N) is 1. The second-order valence-corrected chi connectivity index (χ2v) is 4.31. The number of oxime groups is 1. The summed E-state index contributed by atoms with van der Waals surface area (Å²) in [7, 11) is 0.